The van der Waals surface area contributed by atoms with Gasteiger partial charge in [-0.15, -0.1) is 11.8 Å². The molecule has 0 fully saturated rings. The Bertz CT molecular complexity index is 467. The largest absolute Gasteiger partial charge is 0.324 e. The molecule has 1 rings (SSSR count). The number of benzene rings is 1. The topological polar surface area (TPSA) is 52.9 Å². The molecule has 1 N–H and O–H groups in total. The maximum Gasteiger partial charge on any atom is 0.237 e. The van der Waals surface area contributed by atoms with Gasteiger partial charge in [0.1, 0.15) is 6.07 Å². The van der Waals surface area contributed by atoms with Gasteiger partial charge in [0.25, 0.3) is 0 Å². The Morgan fingerprint density at radius 3 is 2.74 bits per heavy atom. The second-order valence-corrected chi connectivity index (χ2v) is 6.01. The van der Waals surface area contributed by atoms with Gasteiger partial charge in [0, 0.05) is 0 Å². The monoisotopic (exact) mass is 276 g/mol. The zero-order valence-electron chi connectivity index (χ0n) is 11.6. The molecule has 0 spiro atoms. The first kappa shape index (κ1) is 15.6. The van der Waals surface area contributed by atoms with Crippen LogP contribution in [0.5, 0.6) is 0 Å². The SMILES string of the molecule is CCC(C)CSC(C)C(=O)Nc1ccccc1C#N. The summed E-state index contributed by atoms with van der Waals surface area (Å²) in [5.41, 5.74) is 1.08. The molecule has 0 aliphatic heterocycles. The maximum atomic E-state index is 12.0. The lowest BCUT2D eigenvalue weighted by Gasteiger charge is -2.14. The number of nitrogens with zero attached hydrogens (tertiary/aromatic N) is 1. The van der Waals surface area contributed by atoms with E-state index in [2.05, 4.69) is 25.2 Å². The van der Waals surface area contributed by atoms with Gasteiger partial charge in [-0.3, -0.25) is 4.79 Å². The number of carbonyl (C=O) groups is 1. The molecular weight excluding hydrogens is 256 g/mol. The van der Waals surface area contributed by atoms with Crippen molar-refractivity contribution in [2.24, 2.45) is 5.92 Å². The van der Waals surface area contributed by atoms with Crippen LogP contribution in [0.1, 0.15) is 32.8 Å². The Morgan fingerprint density at radius 2 is 2.11 bits per heavy atom. The van der Waals surface area contributed by atoms with E-state index in [4.69, 9.17) is 5.26 Å². The van der Waals surface area contributed by atoms with Gasteiger partial charge in [0.15, 0.2) is 0 Å². The third-order valence-electron chi connectivity index (χ3n) is 3.00. The van der Waals surface area contributed by atoms with E-state index in [1.807, 2.05) is 13.0 Å². The van der Waals surface area contributed by atoms with Crippen LogP contribution in [0.15, 0.2) is 24.3 Å². The molecule has 0 saturated heterocycles. The van der Waals surface area contributed by atoms with E-state index in [0.717, 1.165) is 12.2 Å². The third-order valence-corrected chi connectivity index (χ3v) is 4.48. The molecule has 1 aromatic rings. The first-order valence-electron chi connectivity index (χ1n) is 6.50. The second kappa shape index (κ2) is 7.85. The van der Waals surface area contributed by atoms with E-state index in [9.17, 15) is 4.79 Å². The Labute approximate surface area is 119 Å². The van der Waals surface area contributed by atoms with E-state index in [0.29, 0.717) is 17.2 Å². The van der Waals surface area contributed by atoms with Crippen LogP contribution < -0.4 is 5.32 Å². The summed E-state index contributed by atoms with van der Waals surface area (Å²) in [6.45, 7) is 6.24. The Balaban J connectivity index is 2.57. The first-order chi connectivity index (χ1) is 9.08. The molecule has 0 radical (unpaired) electrons. The normalized spacial score (nSPS) is 13.4. The summed E-state index contributed by atoms with van der Waals surface area (Å²) in [7, 11) is 0. The average molecular weight is 276 g/mol. The van der Waals surface area contributed by atoms with Gasteiger partial charge in [-0.1, -0.05) is 32.4 Å². The minimum atomic E-state index is -0.110. The molecule has 2 atom stereocenters. The minimum Gasteiger partial charge on any atom is -0.324 e. The van der Waals surface area contributed by atoms with Gasteiger partial charge in [0.05, 0.1) is 16.5 Å². The molecule has 4 heteroatoms. The Kier molecular flexibility index (Phi) is 6.44. The molecule has 0 saturated carbocycles. The van der Waals surface area contributed by atoms with Crippen molar-refractivity contribution in [2.75, 3.05) is 11.1 Å². The highest BCUT2D eigenvalue weighted by atomic mass is 32.2. The predicted molar refractivity (Wildman–Crippen MR) is 81.2 cm³/mol. The standard InChI is InChI=1S/C15H20N2OS/c1-4-11(2)10-19-12(3)15(18)17-14-8-6-5-7-13(14)9-16/h5-8,11-12H,4,10H2,1-3H3,(H,17,18). The number of nitrogens with one attached hydrogen (secondary N) is 1. The van der Waals surface area contributed by atoms with Gasteiger partial charge >= 0.3 is 0 Å². The van der Waals surface area contributed by atoms with Gasteiger partial charge in [0.2, 0.25) is 5.91 Å². The zero-order chi connectivity index (χ0) is 14.3. The lowest BCUT2D eigenvalue weighted by Crippen LogP contribution is -2.23. The number of hydrogen-bond donors (Lipinski definition) is 1. The molecule has 19 heavy (non-hydrogen) atoms. The number of nitriles is 1. The summed E-state index contributed by atoms with van der Waals surface area (Å²) < 4.78 is 0. The van der Waals surface area contributed by atoms with E-state index in [-0.39, 0.29) is 11.2 Å². The first-order valence-corrected chi connectivity index (χ1v) is 7.55. The molecule has 0 aliphatic carbocycles. The summed E-state index contributed by atoms with van der Waals surface area (Å²) in [5, 5.41) is 11.7. The van der Waals surface area contributed by atoms with Crippen molar-refractivity contribution in [3.63, 3.8) is 0 Å². The fraction of sp³-hybridized carbons (Fsp3) is 0.467. The van der Waals surface area contributed by atoms with Crippen LogP contribution in [-0.4, -0.2) is 16.9 Å². The fourth-order valence-electron chi connectivity index (χ4n) is 1.43. The Morgan fingerprint density at radius 1 is 1.42 bits per heavy atom. The summed E-state index contributed by atoms with van der Waals surface area (Å²) in [6, 6.07) is 9.13. The summed E-state index contributed by atoms with van der Waals surface area (Å²) in [4.78, 5) is 12.0. The molecule has 0 bridgehead atoms. The molecule has 3 nitrogen and oxygen atoms in total. The number of anilines is 1. The van der Waals surface area contributed by atoms with E-state index in [1.54, 1.807) is 30.0 Å². The van der Waals surface area contributed by atoms with Crippen LogP contribution in [0.4, 0.5) is 5.69 Å². The van der Waals surface area contributed by atoms with Crippen LogP contribution in [0.25, 0.3) is 0 Å². The summed E-state index contributed by atoms with van der Waals surface area (Å²) in [6.07, 6.45) is 1.12. The molecule has 0 aromatic heterocycles. The highest BCUT2D eigenvalue weighted by Crippen LogP contribution is 2.20. The molecular formula is C15H20N2OS. The number of para-hydroxylation sites is 1. The van der Waals surface area contributed by atoms with Gasteiger partial charge in [-0.25, -0.2) is 0 Å². The smallest absolute Gasteiger partial charge is 0.237 e. The molecule has 102 valence electrons. The van der Waals surface area contributed by atoms with E-state index in [1.165, 1.54) is 0 Å². The van der Waals surface area contributed by atoms with Crippen molar-refractivity contribution in [1.29, 1.82) is 5.26 Å². The van der Waals surface area contributed by atoms with Crippen LogP contribution >= 0.6 is 11.8 Å². The van der Waals surface area contributed by atoms with Crippen molar-refractivity contribution in [1.82, 2.24) is 0 Å². The third kappa shape index (κ3) is 4.96. The van der Waals surface area contributed by atoms with Crippen LogP contribution in [-0.2, 0) is 4.79 Å². The minimum absolute atomic E-state index is 0.0454. The van der Waals surface area contributed by atoms with Crippen LogP contribution in [0.3, 0.4) is 0 Å². The number of hydrogen-bond acceptors (Lipinski definition) is 3. The second-order valence-electron chi connectivity index (χ2n) is 4.64. The molecule has 0 heterocycles. The lowest BCUT2D eigenvalue weighted by atomic mass is 10.2. The summed E-state index contributed by atoms with van der Waals surface area (Å²) >= 11 is 1.65. The fourth-order valence-corrected chi connectivity index (χ4v) is 2.49. The van der Waals surface area contributed by atoms with Crippen molar-refractivity contribution < 1.29 is 4.79 Å². The molecule has 2 unspecified atom stereocenters. The molecule has 0 aliphatic rings. The quantitative estimate of drug-likeness (QED) is 0.862. The Hall–Kier alpha value is -1.47. The molecule has 1 aromatic carbocycles. The van der Waals surface area contributed by atoms with Crippen molar-refractivity contribution in [2.45, 2.75) is 32.4 Å². The van der Waals surface area contributed by atoms with Crippen molar-refractivity contribution >= 4 is 23.4 Å². The van der Waals surface area contributed by atoms with Gasteiger partial charge in [-0.05, 0) is 30.7 Å². The highest BCUT2D eigenvalue weighted by Gasteiger charge is 2.15. The van der Waals surface area contributed by atoms with Gasteiger partial charge in [-0.2, -0.15) is 5.26 Å². The van der Waals surface area contributed by atoms with E-state index < -0.39 is 0 Å². The van der Waals surface area contributed by atoms with Crippen molar-refractivity contribution in [3.05, 3.63) is 29.8 Å². The average Bonchev–Trinajstić information content (AvgIpc) is 2.44. The maximum absolute atomic E-state index is 12.0. The van der Waals surface area contributed by atoms with Crippen molar-refractivity contribution in [3.8, 4) is 6.07 Å². The zero-order valence-corrected chi connectivity index (χ0v) is 12.5. The van der Waals surface area contributed by atoms with Gasteiger partial charge < -0.3 is 5.32 Å². The highest BCUT2D eigenvalue weighted by molar-refractivity contribution is 8.00. The lowest BCUT2D eigenvalue weighted by molar-refractivity contribution is -0.115. The summed E-state index contributed by atoms with van der Waals surface area (Å²) in [5.74, 6) is 1.55. The van der Waals surface area contributed by atoms with Crippen LogP contribution in [0.2, 0.25) is 0 Å². The van der Waals surface area contributed by atoms with Crippen LogP contribution in [0, 0.1) is 17.2 Å². The number of thioether (sulfide) groups is 1. The number of amides is 1. The molecule has 1 amide bonds. The number of carbonyl (C=O) groups excluding carboxylic acids is 1. The number of rotatable bonds is 6. The van der Waals surface area contributed by atoms with E-state index >= 15 is 0 Å². The predicted octanol–water partition coefficient (Wildman–Crippen LogP) is 3.66.